The number of hydrogen-bond acceptors (Lipinski definition) is 5. The van der Waals surface area contributed by atoms with E-state index in [1.54, 1.807) is 24.0 Å². The zero-order valence-electron chi connectivity index (χ0n) is 19.4. The molecule has 0 aromatic rings. The predicted molar refractivity (Wildman–Crippen MR) is 115 cm³/mol. The van der Waals surface area contributed by atoms with Crippen molar-refractivity contribution < 1.29 is 23.9 Å². The lowest BCUT2D eigenvalue weighted by Gasteiger charge is -2.42. The molecule has 0 saturated carbocycles. The minimum Gasteiger partial charge on any atom is -0.384 e. The van der Waals surface area contributed by atoms with E-state index in [1.165, 1.54) is 0 Å². The Labute approximate surface area is 185 Å². The average molecular weight is 439 g/mol. The Morgan fingerprint density at radius 1 is 1.06 bits per heavy atom. The molecule has 2 atom stereocenters. The molecule has 3 aliphatic heterocycles. The summed E-state index contributed by atoms with van der Waals surface area (Å²) in [6.45, 7) is 8.33. The van der Waals surface area contributed by atoms with Crippen molar-refractivity contribution in [3.63, 3.8) is 0 Å². The van der Waals surface area contributed by atoms with Gasteiger partial charge < -0.3 is 29.1 Å². The van der Waals surface area contributed by atoms with Gasteiger partial charge >= 0.3 is 6.03 Å². The lowest BCUT2D eigenvalue weighted by atomic mass is 9.97. The van der Waals surface area contributed by atoms with Crippen LogP contribution in [0.4, 0.5) is 4.79 Å². The normalized spacial score (nSPS) is 25.1. The molecule has 0 unspecified atom stereocenters. The van der Waals surface area contributed by atoms with Gasteiger partial charge in [0.05, 0.1) is 12.6 Å². The number of nitrogens with zero attached hydrogens (tertiary/aromatic N) is 4. The molecule has 0 aromatic carbocycles. The topological polar surface area (TPSA) is 82.6 Å². The van der Waals surface area contributed by atoms with E-state index in [0.29, 0.717) is 51.7 Å². The van der Waals surface area contributed by atoms with Crippen LogP contribution in [0.25, 0.3) is 0 Å². The number of ether oxygens (including phenoxy) is 2. The lowest BCUT2D eigenvalue weighted by Crippen LogP contribution is -2.61. The molecule has 0 aromatic heterocycles. The molecule has 0 radical (unpaired) electrons. The van der Waals surface area contributed by atoms with Crippen LogP contribution in [0.3, 0.4) is 0 Å². The van der Waals surface area contributed by atoms with E-state index >= 15 is 0 Å². The van der Waals surface area contributed by atoms with Gasteiger partial charge in [0.15, 0.2) is 0 Å². The Bertz CT molecular complexity index is 650. The molecule has 3 saturated heterocycles. The number of hydrogen-bond donors (Lipinski definition) is 0. The van der Waals surface area contributed by atoms with Gasteiger partial charge in [0.1, 0.15) is 12.6 Å². The zero-order chi connectivity index (χ0) is 22.5. The molecule has 176 valence electrons. The molecule has 3 aliphatic rings. The molecule has 3 fully saturated rings. The summed E-state index contributed by atoms with van der Waals surface area (Å²) in [5.74, 6) is 0.766. The van der Waals surface area contributed by atoms with Gasteiger partial charge in [-0.05, 0) is 31.1 Å². The number of methoxy groups -OCH3 is 2. The summed E-state index contributed by atoms with van der Waals surface area (Å²) >= 11 is 0. The summed E-state index contributed by atoms with van der Waals surface area (Å²) in [7, 11) is 3.33. The second-order valence-corrected chi connectivity index (χ2v) is 9.43. The summed E-state index contributed by atoms with van der Waals surface area (Å²) in [5, 5.41) is 0. The number of fused-ring (bicyclic) bond motifs is 1. The third-order valence-electron chi connectivity index (χ3n) is 6.64. The fourth-order valence-electron chi connectivity index (χ4n) is 4.99. The van der Waals surface area contributed by atoms with Gasteiger partial charge in [-0.2, -0.15) is 0 Å². The van der Waals surface area contributed by atoms with Crippen molar-refractivity contribution in [2.45, 2.75) is 45.2 Å². The number of carbonyl (C=O) groups is 3. The van der Waals surface area contributed by atoms with E-state index in [9.17, 15) is 14.4 Å². The number of urea groups is 1. The first-order valence-corrected chi connectivity index (χ1v) is 11.5. The third kappa shape index (κ3) is 5.49. The van der Waals surface area contributed by atoms with E-state index < -0.39 is 6.04 Å². The standard InChI is InChI=1S/C22H38N4O5/c1-16(2)11-19-21(28)24(9-10-30-3)12-18-13-25(22(29)26(18)19)14-20(27)23-7-5-17(6-8-23)15-31-4/h16-19H,5-15H2,1-4H3/t18-,19+/m1/s1. The molecule has 9 heteroatoms. The molecule has 4 amide bonds. The van der Waals surface area contributed by atoms with E-state index in [0.717, 1.165) is 19.4 Å². The predicted octanol–water partition coefficient (Wildman–Crippen LogP) is 0.881. The first kappa shape index (κ1) is 23.8. The number of likely N-dealkylation sites (tertiary alicyclic amines) is 1. The molecule has 0 N–H and O–H groups in total. The SMILES string of the molecule is COCCN1C[C@@H]2CN(CC(=O)N3CCC(COC)CC3)C(=O)N2[C@@H](CC(C)C)C1=O. The number of piperazine rings is 1. The van der Waals surface area contributed by atoms with Gasteiger partial charge in [0.25, 0.3) is 0 Å². The van der Waals surface area contributed by atoms with Gasteiger partial charge in [0.2, 0.25) is 11.8 Å². The van der Waals surface area contributed by atoms with Crippen LogP contribution in [-0.2, 0) is 19.1 Å². The second kappa shape index (κ2) is 10.6. The van der Waals surface area contributed by atoms with Crippen LogP contribution in [0.5, 0.6) is 0 Å². The van der Waals surface area contributed by atoms with Crippen molar-refractivity contribution in [1.82, 2.24) is 19.6 Å². The largest absolute Gasteiger partial charge is 0.384 e. The summed E-state index contributed by atoms with van der Waals surface area (Å²) in [6.07, 6.45) is 2.49. The molecule has 31 heavy (non-hydrogen) atoms. The van der Waals surface area contributed by atoms with Gasteiger partial charge in [-0.25, -0.2) is 4.79 Å². The lowest BCUT2D eigenvalue weighted by molar-refractivity contribution is -0.143. The number of piperidine rings is 1. The highest BCUT2D eigenvalue weighted by Crippen LogP contribution is 2.29. The summed E-state index contributed by atoms with van der Waals surface area (Å²) in [4.78, 5) is 46.2. The van der Waals surface area contributed by atoms with E-state index in [1.807, 2.05) is 9.80 Å². The van der Waals surface area contributed by atoms with Crippen molar-refractivity contribution in [2.75, 3.05) is 66.7 Å². The minimum atomic E-state index is -0.465. The first-order chi connectivity index (χ1) is 14.8. The fourth-order valence-corrected chi connectivity index (χ4v) is 4.99. The quantitative estimate of drug-likeness (QED) is 0.534. The monoisotopic (exact) mass is 438 g/mol. The van der Waals surface area contributed by atoms with Gasteiger partial charge in [0, 0.05) is 53.6 Å². The third-order valence-corrected chi connectivity index (χ3v) is 6.64. The maximum absolute atomic E-state index is 13.2. The highest BCUT2D eigenvalue weighted by atomic mass is 16.5. The molecule has 0 aliphatic carbocycles. The van der Waals surface area contributed by atoms with E-state index in [-0.39, 0.29) is 36.3 Å². The van der Waals surface area contributed by atoms with Crippen LogP contribution in [0.1, 0.15) is 33.1 Å². The van der Waals surface area contributed by atoms with Crippen molar-refractivity contribution in [2.24, 2.45) is 11.8 Å². The second-order valence-electron chi connectivity index (χ2n) is 9.43. The van der Waals surface area contributed by atoms with Crippen molar-refractivity contribution in [1.29, 1.82) is 0 Å². The Morgan fingerprint density at radius 3 is 2.35 bits per heavy atom. The molecule has 0 bridgehead atoms. The Kier molecular flexibility index (Phi) is 8.16. The van der Waals surface area contributed by atoms with Crippen molar-refractivity contribution >= 4 is 17.8 Å². The Balaban J connectivity index is 1.64. The number of carbonyl (C=O) groups excluding carboxylic acids is 3. The van der Waals surface area contributed by atoms with Crippen LogP contribution in [0.2, 0.25) is 0 Å². The average Bonchev–Trinajstić information content (AvgIpc) is 3.04. The maximum Gasteiger partial charge on any atom is 0.321 e. The van der Waals surface area contributed by atoms with Crippen molar-refractivity contribution in [3.05, 3.63) is 0 Å². The molecular weight excluding hydrogens is 400 g/mol. The highest BCUT2D eigenvalue weighted by Gasteiger charge is 2.49. The first-order valence-electron chi connectivity index (χ1n) is 11.5. The van der Waals surface area contributed by atoms with Gasteiger partial charge in [-0.15, -0.1) is 0 Å². The van der Waals surface area contributed by atoms with Crippen LogP contribution >= 0.6 is 0 Å². The van der Waals surface area contributed by atoms with Crippen molar-refractivity contribution in [3.8, 4) is 0 Å². The van der Waals surface area contributed by atoms with Crippen LogP contribution in [0, 0.1) is 11.8 Å². The summed E-state index contributed by atoms with van der Waals surface area (Å²) in [6, 6.07) is -0.725. The van der Waals surface area contributed by atoms with Gasteiger partial charge in [-0.1, -0.05) is 13.8 Å². The molecule has 9 nitrogen and oxygen atoms in total. The summed E-state index contributed by atoms with van der Waals surface area (Å²) < 4.78 is 10.4. The van der Waals surface area contributed by atoms with E-state index in [2.05, 4.69) is 13.8 Å². The van der Waals surface area contributed by atoms with Crippen LogP contribution in [-0.4, -0.2) is 116 Å². The smallest absolute Gasteiger partial charge is 0.321 e. The van der Waals surface area contributed by atoms with Crippen LogP contribution in [0.15, 0.2) is 0 Å². The number of amides is 4. The number of rotatable bonds is 9. The molecule has 0 spiro atoms. The maximum atomic E-state index is 13.2. The zero-order valence-corrected chi connectivity index (χ0v) is 19.4. The van der Waals surface area contributed by atoms with E-state index in [4.69, 9.17) is 9.47 Å². The summed E-state index contributed by atoms with van der Waals surface area (Å²) in [5.41, 5.74) is 0. The fraction of sp³-hybridized carbons (Fsp3) is 0.864. The highest BCUT2D eigenvalue weighted by molar-refractivity contribution is 5.92. The molecular formula is C22H38N4O5. The van der Waals surface area contributed by atoms with Gasteiger partial charge in [-0.3, -0.25) is 9.59 Å². The Morgan fingerprint density at radius 2 is 1.74 bits per heavy atom. The van der Waals surface area contributed by atoms with Crippen LogP contribution < -0.4 is 0 Å². The Hall–Kier alpha value is -1.87. The molecule has 3 rings (SSSR count). The minimum absolute atomic E-state index is 0.00737. The molecule has 3 heterocycles.